The van der Waals surface area contributed by atoms with Crippen LogP contribution in [0.5, 0.6) is 11.5 Å². The zero-order valence-electron chi connectivity index (χ0n) is 15.2. The average Bonchev–Trinajstić information content (AvgIpc) is 2.57. The van der Waals surface area contributed by atoms with Crippen molar-refractivity contribution in [3.05, 3.63) is 51.5 Å². The van der Waals surface area contributed by atoms with Gasteiger partial charge in [0.05, 0.1) is 13.2 Å². The number of nitrogens with zero attached hydrogens (tertiary/aromatic N) is 1. The molecule has 1 N–H and O–H groups in total. The molecule has 2 heterocycles. The summed E-state index contributed by atoms with van der Waals surface area (Å²) in [4.78, 5) is 14.7. The van der Waals surface area contributed by atoms with Gasteiger partial charge in [0.15, 0.2) is 17.2 Å². The lowest BCUT2D eigenvalue weighted by atomic mass is 9.89. The van der Waals surface area contributed by atoms with E-state index in [-0.39, 0.29) is 12.1 Å². The van der Waals surface area contributed by atoms with Gasteiger partial charge in [0.2, 0.25) is 0 Å². The average molecular weight is 417 g/mol. The lowest BCUT2D eigenvalue weighted by Gasteiger charge is -2.50. The van der Waals surface area contributed by atoms with Crippen LogP contribution in [0.1, 0.15) is 36.1 Å². The molecule has 0 spiro atoms. The third-order valence-electron chi connectivity index (χ3n) is 5.27. The van der Waals surface area contributed by atoms with E-state index in [1.165, 1.54) is 5.56 Å². The van der Waals surface area contributed by atoms with E-state index in [4.69, 9.17) is 9.47 Å². The van der Waals surface area contributed by atoms with Gasteiger partial charge in [-0.3, -0.25) is 4.90 Å². The predicted molar refractivity (Wildman–Crippen MR) is 104 cm³/mol. The summed E-state index contributed by atoms with van der Waals surface area (Å²) in [7, 11) is 1.62. The van der Waals surface area contributed by atoms with E-state index in [1.807, 2.05) is 44.2 Å². The van der Waals surface area contributed by atoms with Crippen molar-refractivity contribution in [3.8, 4) is 11.5 Å². The molecule has 0 aliphatic carbocycles. The third kappa shape index (κ3) is 2.55. The molecule has 0 saturated carbocycles. The highest BCUT2D eigenvalue weighted by atomic mass is 79.9. The van der Waals surface area contributed by atoms with Gasteiger partial charge in [0.25, 0.3) is 0 Å². The Morgan fingerprint density at radius 2 is 2.04 bits per heavy atom. The summed E-state index contributed by atoms with van der Waals surface area (Å²) in [6.07, 6.45) is 0.651. The predicted octanol–water partition coefficient (Wildman–Crippen LogP) is 4.84. The summed E-state index contributed by atoms with van der Waals surface area (Å²) < 4.78 is 12.8. The molecule has 0 radical (unpaired) electrons. The van der Waals surface area contributed by atoms with E-state index in [9.17, 15) is 4.79 Å². The lowest BCUT2D eigenvalue weighted by Crippen LogP contribution is -2.65. The standard InChI is InChI=1S/C20H21BrN2O3/c1-11-5-6-14(7-12(11)2)23-19(24)22-16-10-20(23,3)26-18-15(16)8-13(21)9-17(18)25-4/h5-9,16H,10H2,1-4H3,(H,22,24)/t16-,20+/m0/s1. The van der Waals surface area contributed by atoms with Crippen LogP contribution in [0.25, 0.3) is 0 Å². The van der Waals surface area contributed by atoms with Crippen molar-refractivity contribution in [1.29, 1.82) is 0 Å². The first-order chi connectivity index (χ1) is 12.3. The zero-order valence-corrected chi connectivity index (χ0v) is 16.8. The Bertz CT molecular complexity index is 914. The van der Waals surface area contributed by atoms with Gasteiger partial charge in [-0.25, -0.2) is 4.79 Å². The van der Waals surface area contributed by atoms with Gasteiger partial charge in [-0.1, -0.05) is 22.0 Å². The minimum Gasteiger partial charge on any atom is -0.493 e. The fourth-order valence-corrected chi connectivity index (χ4v) is 4.26. The van der Waals surface area contributed by atoms with Crippen LogP contribution in [0.15, 0.2) is 34.8 Å². The third-order valence-corrected chi connectivity index (χ3v) is 5.73. The van der Waals surface area contributed by atoms with Crippen LogP contribution in [-0.4, -0.2) is 18.9 Å². The zero-order chi connectivity index (χ0) is 18.6. The van der Waals surface area contributed by atoms with Gasteiger partial charge < -0.3 is 14.8 Å². The molecule has 2 amide bonds. The summed E-state index contributed by atoms with van der Waals surface area (Å²) >= 11 is 3.51. The summed E-state index contributed by atoms with van der Waals surface area (Å²) in [5.41, 5.74) is 3.30. The highest BCUT2D eigenvalue weighted by Gasteiger charge is 2.50. The van der Waals surface area contributed by atoms with E-state index in [0.717, 1.165) is 21.3 Å². The van der Waals surface area contributed by atoms with Crippen molar-refractivity contribution in [2.75, 3.05) is 12.0 Å². The van der Waals surface area contributed by atoms with Crippen LogP contribution in [0.4, 0.5) is 10.5 Å². The smallest absolute Gasteiger partial charge is 0.325 e. The number of rotatable bonds is 2. The van der Waals surface area contributed by atoms with Crippen LogP contribution in [0.3, 0.4) is 0 Å². The van der Waals surface area contributed by atoms with Crippen molar-refractivity contribution in [2.45, 2.75) is 39.0 Å². The van der Waals surface area contributed by atoms with Crippen molar-refractivity contribution in [2.24, 2.45) is 0 Å². The highest BCUT2D eigenvalue weighted by Crippen LogP contribution is 2.50. The molecule has 0 unspecified atom stereocenters. The topological polar surface area (TPSA) is 50.8 Å². The number of aryl methyl sites for hydroxylation is 2. The van der Waals surface area contributed by atoms with Gasteiger partial charge in [0, 0.05) is 22.1 Å². The monoisotopic (exact) mass is 416 g/mol. The van der Waals surface area contributed by atoms with Crippen molar-refractivity contribution in [3.63, 3.8) is 0 Å². The Hall–Kier alpha value is -2.21. The number of ether oxygens (including phenoxy) is 2. The van der Waals surface area contributed by atoms with Crippen molar-refractivity contribution < 1.29 is 14.3 Å². The Balaban J connectivity index is 1.83. The van der Waals surface area contributed by atoms with E-state index >= 15 is 0 Å². The number of methoxy groups -OCH3 is 1. The maximum atomic E-state index is 13.0. The van der Waals surface area contributed by atoms with E-state index < -0.39 is 5.72 Å². The number of carbonyl (C=O) groups is 1. The van der Waals surface area contributed by atoms with Crippen LogP contribution in [0, 0.1) is 13.8 Å². The number of hydrogen-bond donors (Lipinski definition) is 1. The molecular weight excluding hydrogens is 396 g/mol. The van der Waals surface area contributed by atoms with Crippen LogP contribution < -0.4 is 19.7 Å². The lowest BCUT2D eigenvalue weighted by molar-refractivity contribution is 0.0349. The van der Waals surface area contributed by atoms with Crippen molar-refractivity contribution >= 4 is 27.6 Å². The van der Waals surface area contributed by atoms with E-state index in [0.29, 0.717) is 17.9 Å². The van der Waals surface area contributed by atoms with E-state index in [1.54, 1.807) is 12.0 Å². The van der Waals surface area contributed by atoms with Gasteiger partial charge in [-0.15, -0.1) is 0 Å². The summed E-state index contributed by atoms with van der Waals surface area (Å²) in [5, 5.41) is 3.12. The van der Waals surface area contributed by atoms with Crippen LogP contribution >= 0.6 is 15.9 Å². The minimum absolute atomic E-state index is 0.120. The Morgan fingerprint density at radius 1 is 1.27 bits per heavy atom. The Labute approximate surface area is 161 Å². The normalized spacial score (nSPS) is 23.8. The molecule has 1 saturated heterocycles. The first kappa shape index (κ1) is 17.2. The number of benzene rings is 2. The summed E-state index contributed by atoms with van der Waals surface area (Å²) in [6.45, 7) is 6.06. The van der Waals surface area contributed by atoms with Crippen LogP contribution in [0.2, 0.25) is 0 Å². The minimum atomic E-state index is -0.789. The van der Waals surface area contributed by atoms with Gasteiger partial charge in [-0.2, -0.15) is 0 Å². The molecule has 4 rings (SSSR count). The molecular formula is C20H21BrN2O3. The number of urea groups is 1. The highest BCUT2D eigenvalue weighted by molar-refractivity contribution is 9.10. The molecule has 6 heteroatoms. The van der Waals surface area contributed by atoms with Crippen molar-refractivity contribution in [1.82, 2.24) is 5.32 Å². The molecule has 2 aliphatic rings. The van der Waals surface area contributed by atoms with Crippen LogP contribution in [-0.2, 0) is 0 Å². The number of carbonyl (C=O) groups excluding carboxylic acids is 1. The number of hydrogen-bond acceptors (Lipinski definition) is 3. The van der Waals surface area contributed by atoms with Gasteiger partial charge >= 0.3 is 6.03 Å². The second-order valence-corrected chi connectivity index (χ2v) is 8.03. The first-order valence-electron chi connectivity index (χ1n) is 8.57. The number of fused-ring (bicyclic) bond motifs is 4. The second kappa shape index (κ2) is 5.91. The Kier molecular flexibility index (Phi) is 3.91. The molecule has 0 aromatic heterocycles. The summed E-state index contributed by atoms with van der Waals surface area (Å²) in [6, 6.07) is 9.60. The number of amides is 2. The molecule has 2 aliphatic heterocycles. The first-order valence-corrected chi connectivity index (χ1v) is 9.36. The fraction of sp³-hybridized carbons (Fsp3) is 0.350. The maximum Gasteiger partial charge on any atom is 0.325 e. The fourth-order valence-electron chi connectivity index (χ4n) is 3.81. The molecule has 2 aromatic carbocycles. The molecule has 136 valence electrons. The van der Waals surface area contributed by atoms with E-state index in [2.05, 4.69) is 28.2 Å². The quantitative estimate of drug-likeness (QED) is 0.761. The molecule has 5 nitrogen and oxygen atoms in total. The summed E-state index contributed by atoms with van der Waals surface area (Å²) in [5.74, 6) is 1.34. The van der Waals surface area contributed by atoms with Gasteiger partial charge in [0.1, 0.15) is 0 Å². The maximum absolute atomic E-state index is 13.0. The SMILES string of the molecule is COc1cc(Br)cc2c1O[C@]1(C)C[C@@H]2NC(=O)N1c1ccc(C)c(C)c1. The molecule has 2 bridgehead atoms. The second-order valence-electron chi connectivity index (χ2n) is 7.11. The van der Waals surface area contributed by atoms with Gasteiger partial charge in [-0.05, 0) is 56.2 Å². The molecule has 1 fully saturated rings. The molecule has 2 aromatic rings. The molecule has 26 heavy (non-hydrogen) atoms. The number of anilines is 1. The molecule has 2 atom stereocenters. The largest absolute Gasteiger partial charge is 0.493 e. The number of halogens is 1. The number of nitrogens with one attached hydrogen (secondary N) is 1. The Morgan fingerprint density at radius 3 is 2.73 bits per heavy atom.